The number of carbonyl (C=O) groups is 1. The Labute approximate surface area is 116 Å². The topological polar surface area (TPSA) is 53.4 Å². The van der Waals surface area contributed by atoms with Gasteiger partial charge >= 0.3 is 5.97 Å². The second-order valence-electron chi connectivity index (χ2n) is 4.64. The highest BCUT2D eigenvalue weighted by molar-refractivity contribution is 7.14. The molecule has 0 aliphatic carbocycles. The zero-order chi connectivity index (χ0) is 14.0. The third-order valence-electron chi connectivity index (χ3n) is 2.72. The lowest BCUT2D eigenvalue weighted by Gasteiger charge is -2.05. The van der Waals surface area contributed by atoms with Crippen LogP contribution in [0.2, 0.25) is 0 Å². The first-order valence-electron chi connectivity index (χ1n) is 5.92. The molecule has 0 bridgehead atoms. The molecule has 0 saturated heterocycles. The summed E-state index contributed by atoms with van der Waals surface area (Å²) in [6.45, 7) is 2.61. The normalized spacial score (nSPS) is 10.9. The van der Waals surface area contributed by atoms with Crippen molar-refractivity contribution in [2.75, 3.05) is 14.1 Å². The van der Waals surface area contributed by atoms with Crippen molar-refractivity contribution in [3.63, 3.8) is 0 Å². The first-order valence-corrected chi connectivity index (χ1v) is 6.74. The predicted octanol–water partition coefficient (Wildman–Crippen LogP) is 2.88. The molecular formula is C14H16N2O2S. The zero-order valence-electron chi connectivity index (χ0n) is 11.2. The predicted molar refractivity (Wildman–Crippen MR) is 76.6 cm³/mol. The number of hydrogen-bond acceptors (Lipinski definition) is 4. The fourth-order valence-electron chi connectivity index (χ4n) is 1.87. The van der Waals surface area contributed by atoms with E-state index in [-0.39, 0.29) is 0 Å². The van der Waals surface area contributed by atoms with E-state index in [2.05, 4.69) is 4.98 Å². The first kappa shape index (κ1) is 13.7. The highest BCUT2D eigenvalue weighted by Crippen LogP contribution is 2.30. The van der Waals surface area contributed by atoms with Gasteiger partial charge in [0, 0.05) is 12.1 Å². The number of rotatable bonds is 4. The summed E-state index contributed by atoms with van der Waals surface area (Å²) in [5.74, 6) is -0.916. The van der Waals surface area contributed by atoms with Crippen LogP contribution in [0.3, 0.4) is 0 Å². The summed E-state index contributed by atoms with van der Waals surface area (Å²) in [4.78, 5) is 18.2. The lowest BCUT2D eigenvalue weighted by Crippen LogP contribution is -2.10. The van der Waals surface area contributed by atoms with Crippen LogP contribution in [0.15, 0.2) is 24.3 Å². The quantitative estimate of drug-likeness (QED) is 0.933. The van der Waals surface area contributed by atoms with Crippen molar-refractivity contribution in [2.45, 2.75) is 13.5 Å². The van der Waals surface area contributed by atoms with E-state index < -0.39 is 5.97 Å². The van der Waals surface area contributed by atoms with E-state index in [1.165, 1.54) is 11.3 Å². The van der Waals surface area contributed by atoms with Gasteiger partial charge in [-0.1, -0.05) is 24.3 Å². The number of aryl methyl sites for hydroxylation is 1. The van der Waals surface area contributed by atoms with E-state index in [9.17, 15) is 9.90 Å². The number of carboxylic acids is 1. The van der Waals surface area contributed by atoms with E-state index in [4.69, 9.17) is 0 Å². The maximum atomic E-state index is 11.4. The maximum Gasteiger partial charge on any atom is 0.348 e. The van der Waals surface area contributed by atoms with Crippen molar-refractivity contribution in [3.05, 3.63) is 39.7 Å². The van der Waals surface area contributed by atoms with E-state index >= 15 is 0 Å². The third-order valence-corrected chi connectivity index (χ3v) is 3.75. The van der Waals surface area contributed by atoms with E-state index in [1.807, 2.05) is 50.2 Å². The summed E-state index contributed by atoms with van der Waals surface area (Å²) in [7, 11) is 3.88. The van der Waals surface area contributed by atoms with Gasteiger partial charge in [0.1, 0.15) is 9.88 Å². The molecule has 0 aliphatic rings. The average molecular weight is 276 g/mol. The van der Waals surface area contributed by atoms with Gasteiger partial charge in [-0.25, -0.2) is 9.78 Å². The van der Waals surface area contributed by atoms with Gasteiger partial charge in [-0.05, 0) is 26.6 Å². The summed E-state index contributed by atoms with van der Waals surface area (Å²) in [5.41, 5.74) is 2.50. The Balaban J connectivity index is 2.52. The molecule has 0 fully saturated rings. The molecule has 0 saturated carbocycles. The molecule has 0 spiro atoms. The smallest absolute Gasteiger partial charge is 0.348 e. The second kappa shape index (κ2) is 5.50. The second-order valence-corrected chi connectivity index (χ2v) is 5.73. The van der Waals surface area contributed by atoms with Crippen molar-refractivity contribution in [2.24, 2.45) is 0 Å². The number of nitrogens with zero attached hydrogens (tertiary/aromatic N) is 2. The molecule has 0 unspecified atom stereocenters. The van der Waals surface area contributed by atoms with Crippen molar-refractivity contribution in [1.29, 1.82) is 0 Å². The standard InChI is InChI=1S/C14H16N2O2S/c1-9-6-4-5-7-10(9)12-13(14(17)18)19-11(15-12)8-16(2)3/h4-7H,8H2,1-3H3,(H,17,18). The first-order chi connectivity index (χ1) is 8.99. The Bertz CT molecular complexity index is 605. The third kappa shape index (κ3) is 3.00. The van der Waals surface area contributed by atoms with Crippen LogP contribution in [0.4, 0.5) is 0 Å². The summed E-state index contributed by atoms with van der Waals surface area (Å²) in [6.07, 6.45) is 0. The van der Waals surface area contributed by atoms with E-state index in [0.717, 1.165) is 16.1 Å². The summed E-state index contributed by atoms with van der Waals surface area (Å²) < 4.78 is 0. The molecule has 1 aromatic carbocycles. The lowest BCUT2D eigenvalue weighted by atomic mass is 10.1. The number of hydrogen-bond donors (Lipinski definition) is 1. The molecule has 2 rings (SSSR count). The van der Waals surface area contributed by atoms with Crippen LogP contribution in [0.25, 0.3) is 11.3 Å². The number of carboxylic acid groups (broad SMARTS) is 1. The highest BCUT2D eigenvalue weighted by Gasteiger charge is 2.19. The van der Waals surface area contributed by atoms with Gasteiger partial charge in [-0.2, -0.15) is 0 Å². The lowest BCUT2D eigenvalue weighted by molar-refractivity contribution is 0.0702. The van der Waals surface area contributed by atoms with Gasteiger partial charge in [-0.15, -0.1) is 11.3 Å². The Kier molecular flexibility index (Phi) is 3.97. The zero-order valence-corrected chi connectivity index (χ0v) is 12.0. The molecule has 0 aliphatic heterocycles. The SMILES string of the molecule is Cc1ccccc1-c1nc(CN(C)C)sc1C(=O)O. The van der Waals surface area contributed by atoms with Gasteiger partial charge in [0.05, 0.1) is 5.69 Å². The molecule has 0 atom stereocenters. The van der Waals surface area contributed by atoms with Gasteiger partial charge in [0.25, 0.3) is 0 Å². The van der Waals surface area contributed by atoms with E-state index in [0.29, 0.717) is 17.1 Å². The van der Waals surface area contributed by atoms with Crippen LogP contribution in [0.1, 0.15) is 20.2 Å². The van der Waals surface area contributed by atoms with Crippen LogP contribution in [0, 0.1) is 6.92 Å². The fraction of sp³-hybridized carbons (Fsp3) is 0.286. The number of benzene rings is 1. The van der Waals surface area contributed by atoms with Crippen molar-refractivity contribution >= 4 is 17.3 Å². The highest BCUT2D eigenvalue weighted by atomic mass is 32.1. The molecule has 0 amide bonds. The van der Waals surface area contributed by atoms with Crippen LogP contribution >= 0.6 is 11.3 Å². The van der Waals surface area contributed by atoms with Crippen LogP contribution in [-0.2, 0) is 6.54 Å². The number of aromatic nitrogens is 1. The van der Waals surface area contributed by atoms with Crippen molar-refractivity contribution in [3.8, 4) is 11.3 Å². The Morgan fingerprint density at radius 2 is 2.05 bits per heavy atom. The molecule has 2 aromatic rings. The minimum Gasteiger partial charge on any atom is -0.477 e. The van der Waals surface area contributed by atoms with Crippen LogP contribution < -0.4 is 0 Å². The fourth-order valence-corrected chi connectivity index (χ4v) is 2.90. The molecular weight excluding hydrogens is 260 g/mol. The van der Waals surface area contributed by atoms with Gasteiger partial charge in [0.15, 0.2) is 0 Å². The molecule has 0 radical (unpaired) electrons. The maximum absolute atomic E-state index is 11.4. The molecule has 5 heteroatoms. The monoisotopic (exact) mass is 276 g/mol. The average Bonchev–Trinajstić information content (AvgIpc) is 2.72. The van der Waals surface area contributed by atoms with Gasteiger partial charge in [-0.3, -0.25) is 0 Å². The Hall–Kier alpha value is -1.72. The minimum atomic E-state index is -0.916. The van der Waals surface area contributed by atoms with Crippen LogP contribution in [0.5, 0.6) is 0 Å². The molecule has 1 aromatic heterocycles. The largest absolute Gasteiger partial charge is 0.477 e. The molecule has 1 heterocycles. The van der Waals surface area contributed by atoms with Crippen LogP contribution in [-0.4, -0.2) is 35.1 Å². The summed E-state index contributed by atoms with van der Waals surface area (Å²) >= 11 is 1.25. The molecule has 100 valence electrons. The minimum absolute atomic E-state index is 0.311. The van der Waals surface area contributed by atoms with E-state index in [1.54, 1.807) is 0 Å². The summed E-state index contributed by atoms with van der Waals surface area (Å²) in [5, 5.41) is 10.1. The molecule has 4 nitrogen and oxygen atoms in total. The number of aromatic carboxylic acids is 1. The Morgan fingerprint density at radius 1 is 1.37 bits per heavy atom. The number of thiazole rings is 1. The molecule has 1 N–H and O–H groups in total. The molecule has 19 heavy (non-hydrogen) atoms. The van der Waals surface area contributed by atoms with Crippen molar-refractivity contribution < 1.29 is 9.90 Å². The summed E-state index contributed by atoms with van der Waals surface area (Å²) in [6, 6.07) is 7.72. The van der Waals surface area contributed by atoms with Gasteiger partial charge < -0.3 is 10.0 Å². The Morgan fingerprint density at radius 3 is 2.63 bits per heavy atom. The van der Waals surface area contributed by atoms with Gasteiger partial charge in [0.2, 0.25) is 0 Å². The van der Waals surface area contributed by atoms with Crippen molar-refractivity contribution in [1.82, 2.24) is 9.88 Å².